The third kappa shape index (κ3) is 3.60. The van der Waals surface area contributed by atoms with Gasteiger partial charge in [-0.05, 0) is 19.3 Å². The minimum Gasteiger partial charge on any atom is -0.480 e. The topological polar surface area (TPSA) is 95.5 Å². The summed E-state index contributed by atoms with van der Waals surface area (Å²) in [6, 6.07) is -1.06. The number of aliphatic carboxylic acids is 1. The molecule has 0 spiro atoms. The van der Waals surface area contributed by atoms with Crippen LogP contribution >= 0.6 is 0 Å². The Hall–Kier alpha value is -0.660. The Morgan fingerprint density at radius 1 is 1.57 bits per heavy atom. The first-order valence-electron chi connectivity index (χ1n) is 4.47. The summed E-state index contributed by atoms with van der Waals surface area (Å²) >= 11 is 0. The van der Waals surface area contributed by atoms with E-state index >= 15 is 0 Å². The fraction of sp³-hybridized carbons (Fsp3) is 0.857. The van der Waals surface area contributed by atoms with Crippen molar-refractivity contribution in [2.45, 2.75) is 38.3 Å². The van der Waals surface area contributed by atoms with Crippen molar-refractivity contribution in [1.82, 2.24) is 9.44 Å². The lowest BCUT2D eigenvalue weighted by molar-refractivity contribution is -0.139. The van der Waals surface area contributed by atoms with Crippen LogP contribution in [0.1, 0.15) is 26.2 Å². The van der Waals surface area contributed by atoms with Gasteiger partial charge in [-0.1, -0.05) is 6.92 Å². The monoisotopic (exact) mass is 222 g/mol. The molecule has 1 fully saturated rings. The molecule has 82 valence electrons. The van der Waals surface area contributed by atoms with E-state index in [1.54, 1.807) is 6.92 Å². The van der Waals surface area contributed by atoms with E-state index in [-0.39, 0.29) is 12.5 Å². The quantitative estimate of drug-likeness (QED) is 0.561. The second-order valence-electron chi connectivity index (χ2n) is 3.31. The fourth-order valence-corrected chi connectivity index (χ4v) is 2.33. The molecule has 0 bridgehead atoms. The van der Waals surface area contributed by atoms with Crippen molar-refractivity contribution < 1.29 is 18.3 Å². The van der Waals surface area contributed by atoms with Gasteiger partial charge in [0.15, 0.2) is 0 Å². The number of carboxylic acids is 1. The van der Waals surface area contributed by atoms with Gasteiger partial charge in [-0.3, -0.25) is 4.79 Å². The lowest BCUT2D eigenvalue weighted by atomic mass is 10.2. The van der Waals surface area contributed by atoms with Gasteiger partial charge in [-0.15, -0.1) is 0 Å². The van der Waals surface area contributed by atoms with Gasteiger partial charge in [0.2, 0.25) is 0 Å². The van der Waals surface area contributed by atoms with E-state index < -0.39 is 22.2 Å². The van der Waals surface area contributed by atoms with E-state index in [1.165, 1.54) is 0 Å². The van der Waals surface area contributed by atoms with Crippen LogP contribution in [0.5, 0.6) is 0 Å². The number of nitrogens with one attached hydrogen (secondary N) is 2. The molecule has 3 N–H and O–H groups in total. The highest BCUT2D eigenvalue weighted by Crippen LogP contribution is 2.19. The first-order valence-corrected chi connectivity index (χ1v) is 5.95. The summed E-state index contributed by atoms with van der Waals surface area (Å²) in [4.78, 5) is 10.6. The molecular formula is C7H14N2O4S. The second kappa shape index (κ2) is 4.24. The molecule has 0 saturated heterocycles. The zero-order valence-corrected chi connectivity index (χ0v) is 8.67. The predicted molar refractivity (Wildman–Crippen MR) is 49.9 cm³/mol. The molecule has 0 aliphatic heterocycles. The van der Waals surface area contributed by atoms with Gasteiger partial charge in [-0.25, -0.2) is 0 Å². The minimum absolute atomic E-state index is 0.0150. The largest absolute Gasteiger partial charge is 0.480 e. The lowest BCUT2D eigenvalue weighted by Crippen LogP contribution is -2.46. The maximum Gasteiger partial charge on any atom is 0.321 e. The van der Waals surface area contributed by atoms with Crippen LogP contribution in [0.15, 0.2) is 0 Å². The average molecular weight is 222 g/mol. The van der Waals surface area contributed by atoms with Crippen LogP contribution in [-0.2, 0) is 15.0 Å². The third-order valence-corrected chi connectivity index (χ3v) is 3.14. The molecule has 1 aliphatic carbocycles. The molecule has 7 heteroatoms. The van der Waals surface area contributed by atoms with Gasteiger partial charge in [0.05, 0.1) is 0 Å². The van der Waals surface area contributed by atoms with Crippen molar-refractivity contribution in [1.29, 1.82) is 0 Å². The van der Waals surface area contributed by atoms with Crippen molar-refractivity contribution in [3.05, 3.63) is 0 Å². The predicted octanol–water partition coefficient (Wildman–Crippen LogP) is -0.564. The minimum atomic E-state index is -3.66. The van der Waals surface area contributed by atoms with Crippen LogP contribution in [0.25, 0.3) is 0 Å². The van der Waals surface area contributed by atoms with Crippen molar-refractivity contribution in [3.63, 3.8) is 0 Å². The van der Waals surface area contributed by atoms with Gasteiger partial charge in [0, 0.05) is 6.04 Å². The summed E-state index contributed by atoms with van der Waals surface area (Å²) in [6.45, 7) is 1.61. The van der Waals surface area contributed by atoms with Gasteiger partial charge in [-0.2, -0.15) is 17.9 Å². The van der Waals surface area contributed by atoms with E-state index in [2.05, 4.69) is 9.44 Å². The Balaban J connectivity index is 2.50. The van der Waals surface area contributed by atoms with Gasteiger partial charge in [0.25, 0.3) is 10.2 Å². The smallest absolute Gasteiger partial charge is 0.321 e. The molecule has 0 heterocycles. The van der Waals surface area contributed by atoms with Gasteiger partial charge >= 0.3 is 5.97 Å². The molecule has 1 unspecified atom stereocenters. The van der Waals surface area contributed by atoms with Crippen LogP contribution in [0, 0.1) is 0 Å². The summed E-state index contributed by atoms with van der Waals surface area (Å²) < 4.78 is 27.0. The Morgan fingerprint density at radius 3 is 2.50 bits per heavy atom. The third-order valence-electron chi connectivity index (χ3n) is 1.90. The van der Waals surface area contributed by atoms with Crippen LogP contribution < -0.4 is 9.44 Å². The number of rotatable bonds is 6. The number of carbonyl (C=O) groups is 1. The zero-order valence-electron chi connectivity index (χ0n) is 7.86. The van der Waals surface area contributed by atoms with Crippen molar-refractivity contribution in [2.24, 2.45) is 0 Å². The molecular weight excluding hydrogens is 208 g/mol. The maximum atomic E-state index is 11.3. The number of hydrogen-bond acceptors (Lipinski definition) is 3. The highest BCUT2D eigenvalue weighted by Gasteiger charge is 2.29. The molecule has 0 radical (unpaired) electrons. The summed E-state index contributed by atoms with van der Waals surface area (Å²) in [7, 11) is -3.66. The van der Waals surface area contributed by atoms with Crippen molar-refractivity contribution in [2.75, 3.05) is 0 Å². The SMILES string of the molecule is CCC(NS(=O)(=O)NC1CC1)C(=O)O. The van der Waals surface area contributed by atoms with Gasteiger partial charge in [0.1, 0.15) is 6.04 Å². The number of carboxylic acid groups (broad SMARTS) is 1. The summed E-state index contributed by atoms with van der Waals surface area (Å²) in [5.74, 6) is -1.16. The Labute approximate surface area is 82.9 Å². The first kappa shape index (κ1) is 11.4. The molecule has 0 aromatic rings. The highest BCUT2D eigenvalue weighted by molar-refractivity contribution is 7.87. The summed E-state index contributed by atoms with van der Waals surface area (Å²) in [5, 5.41) is 8.63. The molecule has 1 saturated carbocycles. The molecule has 6 nitrogen and oxygen atoms in total. The molecule has 1 rings (SSSR count). The first-order chi connectivity index (χ1) is 6.44. The molecule has 1 aliphatic rings. The van der Waals surface area contributed by atoms with E-state index in [0.717, 1.165) is 12.8 Å². The van der Waals surface area contributed by atoms with Crippen LogP contribution in [-0.4, -0.2) is 31.6 Å². The summed E-state index contributed by atoms with van der Waals surface area (Å²) in [5.41, 5.74) is 0. The Kier molecular flexibility index (Phi) is 3.46. The number of hydrogen-bond donors (Lipinski definition) is 3. The van der Waals surface area contributed by atoms with E-state index in [0.29, 0.717) is 0 Å². The summed E-state index contributed by atoms with van der Waals surface area (Å²) in [6.07, 6.45) is 1.87. The second-order valence-corrected chi connectivity index (χ2v) is 4.79. The van der Waals surface area contributed by atoms with Crippen LogP contribution in [0.2, 0.25) is 0 Å². The van der Waals surface area contributed by atoms with Crippen LogP contribution in [0.3, 0.4) is 0 Å². The maximum absolute atomic E-state index is 11.3. The van der Waals surface area contributed by atoms with Gasteiger partial charge < -0.3 is 5.11 Å². The average Bonchev–Trinajstić information content (AvgIpc) is 2.82. The van der Waals surface area contributed by atoms with E-state index in [4.69, 9.17) is 5.11 Å². The molecule has 1 atom stereocenters. The zero-order chi connectivity index (χ0) is 10.8. The highest BCUT2D eigenvalue weighted by atomic mass is 32.2. The lowest BCUT2D eigenvalue weighted by Gasteiger charge is -2.12. The van der Waals surface area contributed by atoms with Crippen LogP contribution in [0.4, 0.5) is 0 Å². The Morgan fingerprint density at radius 2 is 2.14 bits per heavy atom. The molecule has 0 aromatic heterocycles. The van der Waals surface area contributed by atoms with E-state index in [9.17, 15) is 13.2 Å². The van der Waals surface area contributed by atoms with Crippen molar-refractivity contribution >= 4 is 16.2 Å². The molecule has 0 amide bonds. The van der Waals surface area contributed by atoms with E-state index in [1.807, 2.05) is 0 Å². The Bertz CT molecular complexity index is 310. The van der Waals surface area contributed by atoms with Crippen molar-refractivity contribution in [3.8, 4) is 0 Å². The molecule has 14 heavy (non-hydrogen) atoms. The normalized spacial score (nSPS) is 19.2. The molecule has 0 aromatic carbocycles. The fourth-order valence-electron chi connectivity index (χ4n) is 0.950. The standard InChI is InChI=1S/C7H14N2O4S/c1-2-6(7(10)11)9-14(12,13)8-5-3-4-5/h5-6,8-9H,2-4H2,1H3,(H,10,11).